The third-order valence-corrected chi connectivity index (χ3v) is 4.76. The van der Waals surface area contributed by atoms with Crippen molar-refractivity contribution in [2.24, 2.45) is 5.41 Å². The summed E-state index contributed by atoms with van der Waals surface area (Å²) in [5.74, 6) is 1.53. The summed E-state index contributed by atoms with van der Waals surface area (Å²) in [6, 6.07) is 0. The van der Waals surface area contributed by atoms with E-state index >= 15 is 0 Å². The molecule has 0 unspecified atom stereocenters. The van der Waals surface area contributed by atoms with Gasteiger partial charge in [-0.15, -0.1) is 0 Å². The molecule has 1 aromatic heterocycles. The lowest BCUT2D eigenvalue weighted by atomic mass is 9.87. The highest BCUT2D eigenvalue weighted by molar-refractivity contribution is 6.30. The molecule has 1 saturated carbocycles. The van der Waals surface area contributed by atoms with Gasteiger partial charge in [0, 0.05) is 22.9 Å². The number of rotatable bonds is 4. The molecule has 0 aliphatic heterocycles. The fraction of sp³-hybridized carbons (Fsp3) is 0.750. The molecule has 5 heteroatoms. The molecule has 0 amide bonds. The second-order valence-electron chi connectivity index (χ2n) is 7.28. The van der Waals surface area contributed by atoms with Crippen LogP contribution in [0.1, 0.15) is 57.8 Å². The first-order valence-electron chi connectivity index (χ1n) is 7.67. The van der Waals surface area contributed by atoms with E-state index in [1.165, 1.54) is 12.8 Å². The van der Waals surface area contributed by atoms with Gasteiger partial charge in [-0.1, -0.05) is 45.2 Å². The molecule has 0 spiro atoms. The molecule has 1 fully saturated rings. The molecular weight excluding hydrogens is 286 g/mol. The number of aromatic nitrogens is 2. The van der Waals surface area contributed by atoms with Crippen LogP contribution in [0.2, 0.25) is 5.15 Å². The van der Waals surface area contributed by atoms with E-state index in [-0.39, 0.29) is 17.4 Å². The SMILES string of the molecule is Cc1c(Cl)nc(C(C)(C)C)nc1NCC1(CO)CCCC1. The standard InChI is InChI=1S/C16H26ClN3O/c1-11-12(17)19-14(15(2,3)4)20-13(11)18-9-16(10-21)7-5-6-8-16/h21H,5-10H2,1-4H3,(H,18,19,20). The molecule has 118 valence electrons. The number of nitrogens with one attached hydrogen (secondary N) is 1. The van der Waals surface area contributed by atoms with E-state index in [0.717, 1.165) is 36.6 Å². The lowest BCUT2D eigenvalue weighted by Crippen LogP contribution is -2.31. The molecule has 0 aromatic carbocycles. The van der Waals surface area contributed by atoms with Gasteiger partial charge in [-0.3, -0.25) is 0 Å². The molecule has 1 aromatic rings. The van der Waals surface area contributed by atoms with Gasteiger partial charge in [-0.05, 0) is 19.8 Å². The zero-order valence-corrected chi connectivity index (χ0v) is 14.2. The van der Waals surface area contributed by atoms with Gasteiger partial charge >= 0.3 is 0 Å². The Hall–Kier alpha value is -0.870. The first kappa shape index (κ1) is 16.5. The molecule has 0 bridgehead atoms. The Labute approximate surface area is 132 Å². The quantitative estimate of drug-likeness (QED) is 0.832. The van der Waals surface area contributed by atoms with Crippen molar-refractivity contribution < 1.29 is 5.11 Å². The Morgan fingerprint density at radius 3 is 2.38 bits per heavy atom. The number of anilines is 1. The highest BCUT2D eigenvalue weighted by Gasteiger charge is 2.33. The second kappa shape index (κ2) is 6.09. The average molecular weight is 312 g/mol. The van der Waals surface area contributed by atoms with Gasteiger partial charge in [0.1, 0.15) is 16.8 Å². The van der Waals surface area contributed by atoms with E-state index in [1.807, 2.05) is 6.92 Å². The highest BCUT2D eigenvalue weighted by atomic mass is 35.5. The molecule has 4 nitrogen and oxygen atoms in total. The molecule has 1 aliphatic carbocycles. The summed E-state index contributed by atoms with van der Waals surface area (Å²) in [7, 11) is 0. The Morgan fingerprint density at radius 2 is 1.86 bits per heavy atom. The number of nitrogens with zero attached hydrogens (tertiary/aromatic N) is 2. The minimum atomic E-state index is -0.143. The summed E-state index contributed by atoms with van der Waals surface area (Å²) in [5.41, 5.74) is 0.720. The van der Waals surface area contributed by atoms with Crippen LogP contribution in [0.5, 0.6) is 0 Å². The van der Waals surface area contributed by atoms with Gasteiger partial charge < -0.3 is 10.4 Å². The molecule has 0 atom stereocenters. The predicted molar refractivity (Wildman–Crippen MR) is 87.0 cm³/mol. The van der Waals surface area contributed by atoms with Crippen molar-refractivity contribution >= 4 is 17.4 Å². The summed E-state index contributed by atoms with van der Waals surface area (Å²) in [6.45, 7) is 9.11. The second-order valence-corrected chi connectivity index (χ2v) is 7.64. The molecule has 2 rings (SSSR count). The van der Waals surface area contributed by atoms with Crippen molar-refractivity contribution in [2.45, 2.75) is 58.8 Å². The third-order valence-electron chi connectivity index (χ3n) is 4.39. The highest BCUT2D eigenvalue weighted by Crippen LogP contribution is 2.38. The van der Waals surface area contributed by atoms with Crippen molar-refractivity contribution in [3.05, 3.63) is 16.5 Å². The van der Waals surface area contributed by atoms with Crippen molar-refractivity contribution in [1.82, 2.24) is 9.97 Å². The Morgan fingerprint density at radius 1 is 1.24 bits per heavy atom. The van der Waals surface area contributed by atoms with E-state index in [4.69, 9.17) is 11.6 Å². The average Bonchev–Trinajstić information content (AvgIpc) is 2.88. The molecule has 2 N–H and O–H groups in total. The third kappa shape index (κ3) is 3.67. The van der Waals surface area contributed by atoms with Crippen molar-refractivity contribution in [3.8, 4) is 0 Å². The maximum Gasteiger partial charge on any atom is 0.137 e. The Kier molecular flexibility index (Phi) is 4.79. The van der Waals surface area contributed by atoms with Crippen LogP contribution in [0.4, 0.5) is 5.82 Å². The summed E-state index contributed by atoms with van der Waals surface area (Å²) in [5, 5.41) is 13.6. The van der Waals surface area contributed by atoms with Gasteiger partial charge in [-0.25, -0.2) is 9.97 Å². The van der Waals surface area contributed by atoms with E-state index in [1.54, 1.807) is 0 Å². The molecule has 0 saturated heterocycles. The maximum absolute atomic E-state index is 9.70. The lowest BCUT2D eigenvalue weighted by molar-refractivity contribution is 0.142. The Bertz CT molecular complexity index is 505. The van der Waals surface area contributed by atoms with Gasteiger partial charge in [0.2, 0.25) is 0 Å². The van der Waals surface area contributed by atoms with E-state index in [9.17, 15) is 5.11 Å². The summed E-state index contributed by atoms with van der Waals surface area (Å²) >= 11 is 6.25. The summed E-state index contributed by atoms with van der Waals surface area (Å²) < 4.78 is 0. The topological polar surface area (TPSA) is 58.0 Å². The van der Waals surface area contributed by atoms with E-state index in [2.05, 4.69) is 36.1 Å². The van der Waals surface area contributed by atoms with Crippen LogP contribution in [0, 0.1) is 12.3 Å². The van der Waals surface area contributed by atoms with Crippen LogP contribution in [0.25, 0.3) is 0 Å². The van der Waals surface area contributed by atoms with Crippen molar-refractivity contribution in [1.29, 1.82) is 0 Å². The lowest BCUT2D eigenvalue weighted by Gasteiger charge is -2.28. The fourth-order valence-corrected chi connectivity index (χ4v) is 2.95. The van der Waals surface area contributed by atoms with Crippen LogP contribution in [0.15, 0.2) is 0 Å². The molecule has 1 heterocycles. The van der Waals surface area contributed by atoms with E-state index < -0.39 is 0 Å². The predicted octanol–water partition coefficient (Wildman–Crippen LogP) is 3.70. The van der Waals surface area contributed by atoms with Gasteiger partial charge in [-0.2, -0.15) is 0 Å². The smallest absolute Gasteiger partial charge is 0.137 e. The number of aliphatic hydroxyl groups is 1. The molecule has 21 heavy (non-hydrogen) atoms. The molecule has 0 radical (unpaired) electrons. The van der Waals surface area contributed by atoms with Crippen LogP contribution < -0.4 is 5.32 Å². The number of aliphatic hydroxyl groups excluding tert-OH is 1. The normalized spacial score (nSPS) is 18.0. The number of hydrogen-bond acceptors (Lipinski definition) is 4. The largest absolute Gasteiger partial charge is 0.396 e. The Balaban J connectivity index is 2.21. The molecule has 1 aliphatic rings. The van der Waals surface area contributed by atoms with Crippen LogP contribution in [-0.4, -0.2) is 28.2 Å². The fourth-order valence-electron chi connectivity index (χ4n) is 2.78. The van der Waals surface area contributed by atoms with Crippen LogP contribution >= 0.6 is 11.6 Å². The molecular formula is C16H26ClN3O. The van der Waals surface area contributed by atoms with Gasteiger partial charge in [0.15, 0.2) is 0 Å². The first-order chi connectivity index (χ1) is 9.77. The minimum Gasteiger partial charge on any atom is -0.396 e. The summed E-state index contributed by atoms with van der Waals surface area (Å²) in [6.07, 6.45) is 4.53. The van der Waals surface area contributed by atoms with Crippen LogP contribution in [0.3, 0.4) is 0 Å². The number of halogens is 1. The first-order valence-corrected chi connectivity index (χ1v) is 8.05. The monoisotopic (exact) mass is 311 g/mol. The number of hydrogen-bond donors (Lipinski definition) is 2. The van der Waals surface area contributed by atoms with Gasteiger partial charge in [0.05, 0.1) is 6.61 Å². The van der Waals surface area contributed by atoms with E-state index in [0.29, 0.717) is 5.15 Å². The summed E-state index contributed by atoms with van der Waals surface area (Å²) in [4.78, 5) is 9.03. The van der Waals surface area contributed by atoms with Crippen molar-refractivity contribution in [3.63, 3.8) is 0 Å². The zero-order valence-electron chi connectivity index (χ0n) is 13.5. The van der Waals surface area contributed by atoms with Gasteiger partial charge in [0.25, 0.3) is 0 Å². The van der Waals surface area contributed by atoms with Crippen molar-refractivity contribution in [2.75, 3.05) is 18.5 Å². The maximum atomic E-state index is 9.70. The van der Waals surface area contributed by atoms with Crippen LogP contribution in [-0.2, 0) is 5.41 Å². The minimum absolute atomic E-state index is 0.00817. The zero-order chi connectivity index (χ0) is 15.7.